The zero-order valence-corrected chi connectivity index (χ0v) is 16.3. The molecule has 1 N–H and O–H groups in total. The van der Waals surface area contributed by atoms with Gasteiger partial charge < -0.3 is 5.32 Å². The minimum atomic E-state index is -0.209. The smallest absolute Gasteiger partial charge is 0.252 e. The van der Waals surface area contributed by atoms with E-state index in [0.29, 0.717) is 23.2 Å². The molecule has 1 amide bonds. The molecule has 3 heteroatoms. The summed E-state index contributed by atoms with van der Waals surface area (Å²) < 4.78 is 0. The molecule has 2 aromatic rings. The summed E-state index contributed by atoms with van der Waals surface area (Å²) in [5, 5.41) is 2.78. The van der Waals surface area contributed by atoms with E-state index in [-0.39, 0.29) is 22.5 Å². The van der Waals surface area contributed by atoms with Crippen LogP contribution in [0.2, 0.25) is 0 Å². The number of carbonyl (C=O) groups is 2. The maximum Gasteiger partial charge on any atom is 0.252 e. The maximum atomic E-state index is 13.2. The quantitative estimate of drug-likeness (QED) is 0.818. The average Bonchev–Trinajstić information content (AvgIpc) is 2.78. The van der Waals surface area contributed by atoms with Crippen molar-refractivity contribution in [2.45, 2.75) is 51.9 Å². The Balaban J connectivity index is 2.05. The highest BCUT2D eigenvalue weighted by Gasteiger charge is 2.42. The van der Waals surface area contributed by atoms with E-state index in [2.05, 4.69) is 39.1 Å². The SMILES string of the molecule is CCNC(=O)c1ccccc1C(=O)c1ccc2c(c1)C(C)(C)CC2(C)C. The fourth-order valence-corrected chi connectivity index (χ4v) is 4.42. The zero-order chi connectivity index (χ0) is 19.1. The van der Waals surface area contributed by atoms with Crippen molar-refractivity contribution in [2.75, 3.05) is 6.54 Å². The van der Waals surface area contributed by atoms with Crippen LogP contribution in [0.15, 0.2) is 42.5 Å². The summed E-state index contributed by atoms with van der Waals surface area (Å²) in [5.74, 6) is -0.311. The summed E-state index contributed by atoms with van der Waals surface area (Å²) in [6, 6.07) is 13.0. The molecule has 136 valence electrons. The van der Waals surface area contributed by atoms with Crippen LogP contribution >= 0.6 is 0 Å². The molecule has 0 unspecified atom stereocenters. The van der Waals surface area contributed by atoms with Gasteiger partial charge in [-0.25, -0.2) is 0 Å². The molecule has 0 fully saturated rings. The van der Waals surface area contributed by atoms with E-state index in [0.717, 1.165) is 6.42 Å². The van der Waals surface area contributed by atoms with E-state index >= 15 is 0 Å². The standard InChI is InChI=1S/C23H27NO2/c1-6-24-21(26)17-10-8-7-9-16(17)20(25)15-11-12-18-19(13-15)23(4,5)14-22(18,2)3/h7-13H,6,14H2,1-5H3,(H,24,26). The molecule has 0 atom stereocenters. The molecule has 0 aromatic heterocycles. The van der Waals surface area contributed by atoms with Gasteiger partial charge in [0, 0.05) is 17.7 Å². The molecule has 0 bridgehead atoms. The molecule has 0 saturated heterocycles. The molecule has 0 heterocycles. The van der Waals surface area contributed by atoms with Crippen LogP contribution in [0.25, 0.3) is 0 Å². The maximum absolute atomic E-state index is 13.2. The van der Waals surface area contributed by atoms with Crippen LogP contribution in [0.4, 0.5) is 0 Å². The van der Waals surface area contributed by atoms with E-state index in [1.165, 1.54) is 11.1 Å². The van der Waals surface area contributed by atoms with Crippen molar-refractivity contribution in [3.8, 4) is 0 Å². The van der Waals surface area contributed by atoms with Gasteiger partial charge in [0.05, 0.1) is 5.56 Å². The molecule has 0 saturated carbocycles. The van der Waals surface area contributed by atoms with Gasteiger partial charge in [-0.05, 0) is 47.4 Å². The topological polar surface area (TPSA) is 46.2 Å². The second-order valence-corrected chi connectivity index (χ2v) is 8.44. The van der Waals surface area contributed by atoms with Crippen LogP contribution in [-0.4, -0.2) is 18.2 Å². The number of hydrogen-bond donors (Lipinski definition) is 1. The van der Waals surface area contributed by atoms with E-state index in [1.54, 1.807) is 24.3 Å². The Kier molecular flexibility index (Phi) is 4.51. The minimum absolute atomic E-state index is 0.0359. The normalized spacial score (nSPS) is 16.8. The lowest BCUT2D eigenvalue weighted by atomic mass is 9.82. The van der Waals surface area contributed by atoms with Crippen molar-refractivity contribution in [2.24, 2.45) is 0 Å². The first-order valence-corrected chi connectivity index (χ1v) is 9.24. The van der Waals surface area contributed by atoms with Crippen LogP contribution in [0.5, 0.6) is 0 Å². The highest BCUT2D eigenvalue weighted by atomic mass is 16.2. The van der Waals surface area contributed by atoms with Gasteiger partial charge in [0.15, 0.2) is 5.78 Å². The van der Waals surface area contributed by atoms with Crippen molar-refractivity contribution in [1.29, 1.82) is 0 Å². The van der Waals surface area contributed by atoms with Crippen LogP contribution in [0.1, 0.15) is 78.4 Å². The first-order chi connectivity index (χ1) is 12.2. The van der Waals surface area contributed by atoms with Gasteiger partial charge in [-0.1, -0.05) is 58.0 Å². The van der Waals surface area contributed by atoms with Gasteiger partial charge in [-0.2, -0.15) is 0 Å². The minimum Gasteiger partial charge on any atom is -0.352 e. The summed E-state index contributed by atoms with van der Waals surface area (Å²) in [7, 11) is 0. The third-order valence-corrected chi connectivity index (χ3v) is 5.38. The van der Waals surface area contributed by atoms with Crippen LogP contribution in [0, 0.1) is 0 Å². The van der Waals surface area contributed by atoms with Crippen LogP contribution < -0.4 is 5.32 Å². The third kappa shape index (κ3) is 3.07. The van der Waals surface area contributed by atoms with Gasteiger partial charge in [0.25, 0.3) is 5.91 Å². The molecule has 1 aliphatic rings. The van der Waals surface area contributed by atoms with Crippen molar-refractivity contribution < 1.29 is 9.59 Å². The Labute approximate surface area is 155 Å². The van der Waals surface area contributed by atoms with Crippen molar-refractivity contribution in [3.63, 3.8) is 0 Å². The molecule has 2 aromatic carbocycles. The number of fused-ring (bicyclic) bond motifs is 1. The van der Waals surface area contributed by atoms with Gasteiger partial charge in [0.1, 0.15) is 0 Å². The molecule has 3 rings (SSSR count). The van der Waals surface area contributed by atoms with Crippen molar-refractivity contribution in [3.05, 3.63) is 70.3 Å². The summed E-state index contributed by atoms with van der Waals surface area (Å²) >= 11 is 0. The zero-order valence-electron chi connectivity index (χ0n) is 16.3. The first kappa shape index (κ1) is 18.4. The number of hydrogen-bond acceptors (Lipinski definition) is 2. The third-order valence-electron chi connectivity index (χ3n) is 5.38. The van der Waals surface area contributed by atoms with Gasteiger partial charge in [0.2, 0.25) is 0 Å². The van der Waals surface area contributed by atoms with E-state index in [1.807, 2.05) is 19.1 Å². The Morgan fingerprint density at radius 1 is 0.923 bits per heavy atom. The number of amides is 1. The van der Waals surface area contributed by atoms with Gasteiger partial charge in [-0.3, -0.25) is 9.59 Å². The predicted octanol–water partition coefficient (Wildman–Crippen LogP) is 4.63. The fraction of sp³-hybridized carbons (Fsp3) is 0.391. The highest BCUT2D eigenvalue weighted by Crippen LogP contribution is 2.49. The van der Waals surface area contributed by atoms with E-state index in [4.69, 9.17) is 0 Å². The second kappa shape index (κ2) is 6.39. The molecule has 0 spiro atoms. The van der Waals surface area contributed by atoms with Crippen molar-refractivity contribution in [1.82, 2.24) is 5.32 Å². The number of nitrogens with one attached hydrogen (secondary N) is 1. The van der Waals surface area contributed by atoms with Crippen molar-refractivity contribution >= 4 is 11.7 Å². The van der Waals surface area contributed by atoms with Gasteiger partial charge >= 0.3 is 0 Å². The monoisotopic (exact) mass is 349 g/mol. The summed E-state index contributed by atoms with van der Waals surface area (Å²) in [6.45, 7) is 11.4. The molecule has 0 radical (unpaired) electrons. The highest BCUT2D eigenvalue weighted by molar-refractivity contribution is 6.15. The largest absolute Gasteiger partial charge is 0.352 e. The Hall–Kier alpha value is -2.42. The van der Waals surface area contributed by atoms with E-state index < -0.39 is 0 Å². The lowest BCUT2D eigenvalue weighted by Crippen LogP contribution is -2.25. The second-order valence-electron chi connectivity index (χ2n) is 8.44. The van der Waals surface area contributed by atoms with Gasteiger partial charge in [-0.15, -0.1) is 0 Å². The summed E-state index contributed by atoms with van der Waals surface area (Å²) in [4.78, 5) is 25.5. The summed E-state index contributed by atoms with van der Waals surface area (Å²) in [6.07, 6.45) is 1.06. The summed E-state index contributed by atoms with van der Waals surface area (Å²) in [5.41, 5.74) is 4.23. The molecule has 26 heavy (non-hydrogen) atoms. The number of carbonyl (C=O) groups excluding carboxylic acids is 2. The lowest BCUT2D eigenvalue weighted by Gasteiger charge is -2.22. The Morgan fingerprint density at radius 3 is 2.19 bits per heavy atom. The van der Waals surface area contributed by atoms with Crippen LogP contribution in [0.3, 0.4) is 0 Å². The number of ketones is 1. The molecule has 3 nitrogen and oxygen atoms in total. The van der Waals surface area contributed by atoms with Crippen LogP contribution in [-0.2, 0) is 10.8 Å². The molecule has 0 aliphatic heterocycles. The molecular formula is C23H27NO2. The Morgan fingerprint density at radius 2 is 1.54 bits per heavy atom. The molecular weight excluding hydrogens is 322 g/mol. The first-order valence-electron chi connectivity index (χ1n) is 9.24. The number of rotatable bonds is 4. The molecule has 1 aliphatic carbocycles. The number of benzene rings is 2. The lowest BCUT2D eigenvalue weighted by molar-refractivity contribution is 0.0944. The Bertz CT molecular complexity index is 878. The fourth-order valence-electron chi connectivity index (χ4n) is 4.42. The van der Waals surface area contributed by atoms with E-state index in [9.17, 15) is 9.59 Å². The predicted molar refractivity (Wildman–Crippen MR) is 105 cm³/mol. The average molecular weight is 349 g/mol.